The van der Waals surface area contributed by atoms with Crippen molar-refractivity contribution in [2.75, 3.05) is 11.7 Å². The Morgan fingerprint density at radius 2 is 1.43 bits per heavy atom. The number of hydrogen-bond acceptors (Lipinski definition) is 10. The number of pyridine rings is 2. The van der Waals surface area contributed by atoms with Crippen LogP contribution in [0.3, 0.4) is 0 Å². The van der Waals surface area contributed by atoms with E-state index in [9.17, 15) is 24.9 Å². The minimum Gasteiger partial charge on any atom is -0.466 e. The second-order valence-electron chi connectivity index (χ2n) is 12.1. The van der Waals surface area contributed by atoms with Gasteiger partial charge in [-0.1, -0.05) is 14.9 Å². The zero-order valence-corrected chi connectivity index (χ0v) is 32.0. The molecule has 5 heterocycles. The molecule has 1 amide bonds. The minimum atomic E-state index is -0.427. The van der Waals surface area contributed by atoms with Crippen LogP contribution in [0.25, 0.3) is 44.3 Å². The van der Waals surface area contributed by atoms with Gasteiger partial charge in [0.15, 0.2) is 0 Å². The van der Waals surface area contributed by atoms with Gasteiger partial charge in [0, 0.05) is 104 Å². The second kappa shape index (κ2) is 17.4. The molecule has 53 heavy (non-hydrogen) atoms. The second-order valence-corrected chi connectivity index (χ2v) is 12.1. The summed E-state index contributed by atoms with van der Waals surface area (Å²) in [6, 6.07) is 14.8. The predicted octanol–water partition coefficient (Wildman–Crippen LogP) is 7.23. The average Bonchev–Trinajstić information content (AvgIpc) is 3.59. The number of aryl methyl sites for hydroxylation is 6. The Morgan fingerprint density at radius 3 is 1.96 bits per heavy atom. The number of carbonyl (C=O) groups is 2. The number of esters is 1. The first-order valence-corrected chi connectivity index (χ1v) is 16.1. The zero-order chi connectivity index (χ0) is 35.7. The van der Waals surface area contributed by atoms with Gasteiger partial charge in [0.1, 0.15) is 11.4 Å². The Hall–Kier alpha value is -5.40. The normalized spacial score (nSPS) is 11.8. The summed E-state index contributed by atoms with van der Waals surface area (Å²) in [6.07, 6.45) is 4.75. The molecule has 1 aliphatic rings. The molecule has 1 aliphatic heterocycles. The molecule has 0 spiro atoms. The summed E-state index contributed by atoms with van der Waals surface area (Å²) in [5.41, 5.74) is 8.81. The molecule has 0 aliphatic carbocycles. The molecule has 7 rings (SSSR count). The van der Waals surface area contributed by atoms with Gasteiger partial charge in [0.25, 0.3) is 11.6 Å². The van der Waals surface area contributed by atoms with E-state index in [1.807, 2.05) is 57.3 Å². The molecule has 15 heteroatoms. The first-order valence-electron chi connectivity index (χ1n) is 16.1. The standard InChI is InChI=1S/C19H20N4O4.C17H16N4O2.2CH4.Zn/c1-4-27-18(24)6-5-13-10-15-17(11-16(13)23(25)26)22(3)21-19(15)14-7-8-20-12(2)9-14;1-10-7-12(5-6-18-10)17-13-8-11-3-4-16(22)21(23)14(11)9-15(13)20(2)19-17;;;/h7-11H,4-6H2,1-3H3;5-9,23H,3-4H2,1-2H3;2*1H4;. The van der Waals surface area contributed by atoms with Crippen LogP contribution in [0.5, 0.6) is 0 Å². The summed E-state index contributed by atoms with van der Waals surface area (Å²) in [7, 11) is 3.61. The maximum atomic E-state index is 11.7. The van der Waals surface area contributed by atoms with Crippen LogP contribution in [0.2, 0.25) is 0 Å². The van der Waals surface area contributed by atoms with Gasteiger partial charge < -0.3 is 4.74 Å². The number of hydrogen-bond donors (Lipinski definition) is 1. The minimum absolute atomic E-state index is 0. The number of anilines is 1. The summed E-state index contributed by atoms with van der Waals surface area (Å²) in [5.74, 6) is -0.646. The molecule has 2 aromatic carbocycles. The number of rotatable bonds is 7. The van der Waals surface area contributed by atoms with E-state index >= 15 is 0 Å². The molecule has 1 N–H and O–H groups in total. The van der Waals surface area contributed by atoms with E-state index in [0.717, 1.165) is 60.8 Å². The van der Waals surface area contributed by atoms with E-state index in [2.05, 4.69) is 20.2 Å². The van der Waals surface area contributed by atoms with Gasteiger partial charge in [0.2, 0.25) is 0 Å². The molecule has 0 saturated carbocycles. The van der Waals surface area contributed by atoms with Gasteiger partial charge in [-0.2, -0.15) is 15.3 Å². The van der Waals surface area contributed by atoms with Crippen LogP contribution in [-0.2, 0) is 60.7 Å². The molecule has 274 valence electrons. The van der Waals surface area contributed by atoms with Gasteiger partial charge >= 0.3 is 5.97 Å². The maximum Gasteiger partial charge on any atom is 0.306 e. The fourth-order valence-corrected chi connectivity index (χ4v) is 6.21. The number of nitrogens with zero attached hydrogens (tertiary/aromatic N) is 8. The molecule has 0 fully saturated rings. The summed E-state index contributed by atoms with van der Waals surface area (Å²) < 4.78 is 8.33. The molecule has 6 aromatic rings. The summed E-state index contributed by atoms with van der Waals surface area (Å²) in [6.45, 7) is 5.86. The number of benzene rings is 2. The predicted molar refractivity (Wildman–Crippen MR) is 200 cm³/mol. The summed E-state index contributed by atoms with van der Waals surface area (Å²) in [5, 5.41) is 33.2. The number of amides is 1. The van der Waals surface area contributed by atoms with Crippen LogP contribution in [-0.4, -0.2) is 58.1 Å². The molecule has 0 saturated heterocycles. The van der Waals surface area contributed by atoms with E-state index in [1.165, 1.54) is 6.07 Å². The van der Waals surface area contributed by atoms with E-state index < -0.39 is 4.92 Å². The van der Waals surface area contributed by atoms with Crippen molar-refractivity contribution in [3.05, 3.63) is 93.6 Å². The van der Waals surface area contributed by atoms with Crippen LogP contribution >= 0.6 is 0 Å². The molecule has 0 radical (unpaired) electrons. The van der Waals surface area contributed by atoms with Crippen molar-refractivity contribution >= 4 is 45.1 Å². The third kappa shape index (κ3) is 8.64. The molecule has 14 nitrogen and oxygen atoms in total. The summed E-state index contributed by atoms with van der Waals surface area (Å²) >= 11 is 0. The third-order valence-electron chi connectivity index (χ3n) is 8.61. The fourth-order valence-electron chi connectivity index (χ4n) is 6.21. The van der Waals surface area contributed by atoms with Crippen molar-refractivity contribution in [2.45, 2.75) is 61.3 Å². The Labute approximate surface area is 320 Å². The zero-order valence-electron chi connectivity index (χ0n) is 29.1. The Morgan fingerprint density at radius 1 is 0.887 bits per heavy atom. The van der Waals surface area contributed by atoms with E-state index in [-0.39, 0.29) is 71.3 Å². The van der Waals surface area contributed by atoms with E-state index in [0.29, 0.717) is 29.6 Å². The molecule has 4 aromatic heterocycles. The number of carbonyl (C=O) groups excluding carboxylic acids is 2. The smallest absolute Gasteiger partial charge is 0.306 e. The molecule has 0 bridgehead atoms. The van der Waals surface area contributed by atoms with Crippen LogP contribution in [0.4, 0.5) is 11.4 Å². The van der Waals surface area contributed by atoms with Crippen molar-refractivity contribution in [3.8, 4) is 22.5 Å². The van der Waals surface area contributed by atoms with Crippen LogP contribution in [0.1, 0.15) is 57.1 Å². The van der Waals surface area contributed by atoms with Crippen LogP contribution < -0.4 is 5.06 Å². The van der Waals surface area contributed by atoms with Crippen molar-refractivity contribution in [3.63, 3.8) is 0 Å². The quantitative estimate of drug-likeness (QED) is 0.0574. The van der Waals surface area contributed by atoms with Crippen molar-refractivity contribution in [2.24, 2.45) is 14.1 Å². The SMILES string of the molecule is C.C.CCOC(=O)CCc1cc2c(-c3ccnc(C)c3)nn(C)c2cc1[N+](=O)[O-].Cc1cc(-c2nn(C)c3cc4c(cc23)CCC(=O)N4O)ccn1.[Zn]. The van der Waals surface area contributed by atoms with Crippen molar-refractivity contribution < 1.29 is 43.9 Å². The molecular weight excluding hydrogens is 730 g/mol. The topological polar surface area (TPSA) is 171 Å². The molecular formula is C38H44N8O6Zn. The first kappa shape index (κ1) is 42.0. The molecule has 0 atom stereocenters. The largest absolute Gasteiger partial charge is 0.466 e. The number of fused-ring (bicyclic) bond motifs is 3. The fraction of sp³-hybridized carbons (Fsp3) is 0.316. The van der Waals surface area contributed by atoms with Crippen LogP contribution in [0.15, 0.2) is 60.9 Å². The van der Waals surface area contributed by atoms with Gasteiger partial charge in [-0.25, -0.2) is 0 Å². The Bertz CT molecular complexity index is 2300. The van der Waals surface area contributed by atoms with E-state index in [4.69, 9.17) is 4.74 Å². The first-order chi connectivity index (χ1) is 23.9. The number of aromatic nitrogens is 6. The van der Waals surface area contributed by atoms with Crippen molar-refractivity contribution in [1.82, 2.24) is 29.5 Å². The Balaban J connectivity index is 0.000000273. The van der Waals surface area contributed by atoms with Crippen LogP contribution in [0, 0.1) is 24.0 Å². The number of nitro groups is 1. The monoisotopic (exact) mass is 772 g/mol. The van der Waals surface area contributed by atoms with Gasteiger partial charge in [-0.05, 0) is 81.6 Å². The van der Waals surface area contributed by atoms with Crippen molar-refractivity contribution in [1.29, 1.82) is 0 Å². The summed E-state index contributed by atoms with van der Waals surface area (Å²) in [4.78, 5) is 42.9. The number of nitro benzene ring substituents is 1. The van der Waals surface area contributed by atoms with Gasteiger partial charge in [-0.15, -0.1) is 0 Å². The molecule has 0 unspecified atom stereocenters. The van der Waals surface area contributed by atoms with Gasteiger partial charge in [0.05, 0.1) is 28.3 Å². The number of ether oxygens (including phenoxy) is 1. The maximum absolute atomic E-state index is 11.7. The average molecular weight is 774 g/mol. The third-order valence-corrected chi connectivity index (χ3v) is 8.61. The number of hydroxylamine groups is 1. The Kier molecular flexibility index (Phi) is 13.8. The van der Waals surface area contributed by atoms with E-state index in [1.54, 1.807) is 41.8 Å². The van der Waals surface area contributed by atoms with Gasteiger partial charge in [-0.3, -0.25) is 44.2 Å².